The van der Waals surface area contributed by atoms with E-state index in [1.165, 1.54) is 11.8 Å². The number of ether oxygens (including phenoxy) is 1. The van der Waals surface area contributed by atoms with Crippen molar-refractivity contribution in [1.82, 2.24) is 25.1 Å². The van der Waals surface area contributed by atoms with E-state index >= 15 is 0 Å². The minimum absolute atomic E-state index is 0.0146. The fourth-order valence-electron chi connectivity index (χ4n) is 9.21. The van der Waals surface area contributed by atoms with E-state index in [4.69, 9.17) is 16.3 Å². The summed E-state index contributed by atoms with van der Waals surface area (Å²) in [6.45, 7) is 14.7. The van der Waals surface area contributed by atoms with Gasteiger partial charge in [-0.15, -0.1) is 0 Å². The van der Waals surface area contributed by atoms with Crippen LogP contribution in [-0.4, -0.2) is 109 Å². The Morgan fingerprint density at radius 3 is 2.23 bits per heavy atom. The van der Waals surface area contributed by atoms with Crippen molar-refractivity contribution in [3.8, 4) is 5.75 Å². The summed E-state index contributed by atoms with van der Waals surface area (Å²) in [6, 6.07) is 18.7. The average molecular weight is 913 g/mol. The summed E-state index contributed by atoms with van der Waals surface area (Å²) in [7, 11) is -3.57. The van der Waals surface area contributed by atoms with Gasteiger partial charge in [-0.25, -0.2) is 18.2 Å². The Hall–Kier alpha value is -5.45. The standard InChI is InChI=1S/C47H58ClN9O6S/c1-29(2)63-41-25-37(31(5)24-40(41)51-46-49-26-38(48)44(53-46)50-39-8-6-7-9-42(39)64(61,62)30(3)4)32-14-19-54(20-15-32)35-16-21-55(22-17-35)45(59)33-27-56(28-33)34-10-12-36(13-11-34)57-23-18-43(58)52-47(57)60/h6-13,24-26,29-30,32-33,35H,14-23,27-28H2,1-5H3,(H,52,58,60)(H2,49,50,51,53). The van der Waals surface area contributed by atoms with Crippen LogP contribution in [0.25, 0.3) is 0 Å². The number of aryl methyl sites for hydroxylation is 1. The third-order valence-corrected chi connectivity index (χ3v) is 15.3. The molecule has 5 heterocycles. The fourth-order valence-corrected chi connectivity index (χ4v) is 10.6. The number of imide groups is 1. The first-order valence-electron chi connectivity index (χ1n) is 22.3. The zero-order valence-electron chi connectivity index (χ0n) is 37.1. The maximum atomic E-state index is 13.5. The van der Waals surface area contributed by atoms with E-state index in [1.807, 2.05) is 38.1 Å². The third-order valence-electron chi connectivity index (χ3n) is 12.9. The van der Waals surface area contributed by atoms with Crippen LogP contribution in [-0.2, 0) is 19.4 Å². The molecule has 15 nitrogen and oxygen atoms in total. The zero-order valence-corrected chi connectivity index (χ0v) is 38.7. The molecule has 0 bridgehead atoms. The molecule has 0 spiro atoms. The average Bonchev–Trinajstić information content (AvgIpc) is 3.25. The molecule has 340 valence electrons. The highest BCUT2D eigenvalue weighted by molar-refractivity contribution is 7.92. The molecule has 0 unspecified atom stereocenters. The molecule has 4 aliphatic heterocycles. The number of piperidine rings is 2. The van der Waals surface area contributed by atoms with Gasteiger partial charge in [0.25, 0.3) is 0 Å². The highest BCUT2D eigenvalue weighted by Gasteiger charge is 2.38. The van der Waals surface area contributed by atoms with Crippen molar-refractivity contribution in [3.05, 3.63) is 83.0 Å². The fraction of sp³-hybridized carbons (Fsp3) is 0.468. The monoisotopic (exact) mass is 911 g/mol. The Morgan fingerprint density at radius 1 is 0.875 bits per heavy atom. The molecule has 4 fully saturated rings. The molecule has 1 aromatic heterocycles. The first-order valence-corrected chi connectivity index (χ1v) is 24.3. The van der Waals surface area contributed by atoms with Gasteiger partial charge in [0.2, 0.25) is 17.8 Å². The van der Waals surface area contributed by atoms with Crippen LogP contribution in [0.4, 0.5) is 39.3 Å². The molecule has 0 atom stereocenters. The van der Waals surface area contributed by atoms with E-state index in [-0.39, 0.29) is 51.9 Å². The van der Waals surface area contributed by atoms with Crippen LogP contribution < -0.4 is 30.5 Å². The summed E-state index contributed by atoms with van der Waals surface area (Å²) in [6.07, 6.45) is 5.70. The number of benzene rings is 3. The van der Waals surface area contributed by atoms with Gasteiger partial charge in [0, 0.05) is 56.6 Å². The number of likely N-dealkylation sites (tertiary alicyclic amines) is 2. The van der Waals surface area contributed by atoms with E-state index in [0.717, 1.165) is 74.5 Å². The quantitative estimate of drug-likeness (QED) is 0.120. The number of hydrogen-bond acceptors (Lipinski definition) is 12. The van der Waals surface area contributed by atoms with Crippen molar-refractivity contribution in [1.29, 1.82) is 0 Å². The van der Waals surface area contributed by atoms with Crippen LogP contribution in [0, 0.1) is 12.8 Å². The molecule has 4 aliphatic rings. The second-order valence-corrected chi connectivity index (χ2v) is 20.7. The molecule has 0 saturated carbocycles. The smallest absolute Gasteiger partial charge is 0.328 e. The van der Waals surface area contributed by atoms with Gasteiger partial charge < -0.3 is 30.1 Å². The minimum atomic E-state index is -3.57. The Kier molecular flexibility index (Phi) is 13.4. The van der Waals surface area contributed by atoms with Crippen molar-refractivity contribution in [2.75, 3.05) is 66.2 Å². The summed E-state index contributed by atoms with van der Waals surface area (Å²) in [5.41, 5.74) is 5.27. The second kappa shape index (κ2) is 18.9. The summed E-state index contributed by atoms with van der Waals surface area (Å²) < 4.78 is 32.6. The van der Waals surface area contributed by atoms with E-state index in [1.54, 1.807) is 43.0 Å². The molecule has 0 aliphatic carbocycles. The Labute approximate surface area is 380 Å². The van der Waals surface area contributed by atoms with Crippen LogP contribution in [0.1, 0.15) is 76.8 Å². The van der Waals surface area contributed by atoms with Crippen molar-refractivity contribution in [3.63, 3.8) is 0 Å². The lowest BCUT2D eigenvalue weighted by Crippen LogP contribution is -2.57. The van der Waals surface area contributed by atoms with E-state index in [0.29, 0.717) is 43.0 Å². The van der Waals surface area contributed by atoms with Gasteiger partial charge in [0.15, 0.2) is 15.7 Å². The summed E-state index contributed by atoms with van der Waals surface area (Å²) >= 11 is 6.53. The molecule has 64 heavy (non-hydrogen) atoms. The maximum Gasteiger partial charge on any atom is 0.328 e. The number of carbonyl (C=O) groups is 3. The van der Waals surface area contributed by atoms with Gasteiger partial charge >= 0.3 is 6.03 Å². The van der Waals surface area contributed by atoms with Gasteiger partial charge in [-0.2, -0.15) is 4.98 Å². The lowest BCUT2D eigenvalue weighted by Gasteiger charge is -2.45. The number of halogens is 1. The summed E-state index contributed by atoms with van der Waals surface area (Å²) in [4.78, 5) is 55.0. The van der Waals surface area contributed by atoms with Crippen molar-refractivity contribution in [2.24, 2.45) is 5.92 Å². The molecule has 17 heteroatoms. The molecule has 4 saturated heterocycles. The number of nitrogens with zero attached hydrogens (tertiary/aromatic N) is 6. The lowest BCUT2D eigenvalue weighted by atomic mass is 9.85. The first kappa shape index (κ1) is 45.1. The molecule has 3 aromatic carbocycles. The van der Waals surface area contributed by atoms with Crippen LogP contribution in [0.2, 0.25) is 5.02 Å². The topological polar surface area (TPSA) is 169 Å². The molecule has 4 amide bonds. The molecule has 4 aromatic rings. The van der Waals surface area contributed by atoms with Gasteiger partial charge in [0.05, 0.1) is 39.7 Å². The summed E-state index contributed by atoms with van der Waals surface area (Å²) in [5.74, 6) is 1.60. The van der Waals surface area contributed by atoms with Crippen molar-refractivity contribution in [2.45, 2.75) is 94.9 Å². The number of sulfone groups is 1. The maximum absolute atomic E-state index is 13.5. The number of anilines is 6. The largest absolute Gasteiger partial charge is 0.489 e. The Bertz CT molecular complexity index is 2480. The lowest BCUT2D eigenvalue weighted by molar-refractivity contribution is -0.138. The minimum Gasteiger partial charge on any atom is -0.489 e. The van der Waals surface area contributed by atoms with Crippen molar-refractivity contribution < 1.29 is 27.5 Å². The summed E-state index contributed by atoms with van der Waals surface area (Å²) in [5, 5.41) is 8.47. The highest BCUT2D eigenvalue weighted by Crippen LogP contribution is 2.40. The predicted octanol–water partition coefficient (Wildman–Crippen LogP) is 7.65. The number of nitrogens with one attached hydrogen (secondary N) is 3. The van der Waals surface area contributed by atoms with Crippen molar-refractivity contribution >= 4 is 73.8 Å². The van der Waals surface area contributed by atoms with Gasteiger partial charge in [0.1, 0.15) is 10.8 Å². The number of aromatic nitrogens is 2. The molecule has 0 radical (unpaired) electrons. The number of para-hydroxylation sites is 1. The normalized spacial score (nSPS) is 18.3. The molecular formula is C47H58ClN9O6S. The van der Waals surface area contributed by atoms with E-state index in [2.05, 4.69) is 59.7 Å². The number of rotatable bonds is 13. The number of amides is 4. The number of hydrogen-bond donors (Lipinski definition) is 3. The van der Waals surface area contributed by atoms with Crippen LogP contribution in [0.15, 0.2) is 71.8 Å². The van der Waals surface area contributed by atoms with Gasteiger partial charge in [-0.05, 0) is 139 Å². The van der Waals surface area contributed by atoms with Crippen LogP contribution in [0.5, 0.6) is 5.75 Å². The second-order valence-electron chi connectivity index (χ2n) is 17.8. The van der Waals surface area contributed by atoms with E-state index < -0.39 is 21.1 Å². The van der Waals surface area contributed by atoms with Crippen LogP contribution >= 0.6 is 11.6 Å². The van der Waals surface area contributed by atoms with Gasteiger partial charge in [-0.3, -0.25) is 19.8 Å². The van der Waals surface area contributed by atoms with E-state index in [9.17, 15) is 22.8 Å². The first-order chi connectivity index (χ1) is 30.6. The highest BCUT2D eigenvalue weighted by atomic mass is 35.5. The Balaban J connectivity index is 0.840. The third kappa shape index (κ3) is 9.78. The Morgan fingerprint density at radius 2 is 1.56 bits per heavy atom. The zero-order chi connectivity index (χ0) is 45.3. The number of carbonyl (C=O) groups excluding carboxylic acids is 3. The SMILES string of the molecule is Cc1cc(Nc2ncc(Cl)c(Nc3ccccc3S(=O)(=O)C(C)C)n2)c(OC(C)C)cc1C1CCN(C2CCN(C(=O)C3CN(c4ccc(N5CCC(=O)NC5=O)cc4)C3)CC2)CC1. The number of urea groups is 1. The predicted molar refractivity (Wildman–Crippen MR) is 250 cm³/mol. The van der Waals surface area contributed by atoms with Gasteiger partial charge in [-0.1, -0.05) is 23.7 Å². The molecule has 3 N–H and O–H groups in total. The molecular weight excluding hydrogens is 854 g/mol. The van der Waals surface area contributed by atoms with Crippen LogP contribution in [0.3, 0.4) is 0 Å². The molecule has 8 rings (SSSR count).